The zero-order chi connectivity index (χ0) is 20.1. The zero-order valence-electron chi connectivity index (χ0n) is 17.7. The molecule has 152 valence electrons. The molecule has 0 radical (unpaired) electrons. The van der Waals surface area contributed by atoms with Gasteiger partial charge in [0.15, 0.2) is 0 Å². The summed E-state index contributed by atoms with van der Waals surface area (Å²) in [5, 5.41) is 5.93. The lowest BCUT2D eigenvalue weighted by Crippen LogP contribution is -2.61. The van der Waals surface area contributed by atoms with E-state index < -0.39 is 0 Å². The van der Waals surface area contributed by atoms with Gasteiger partial charge >= 0.3 is 0 Å². The predicted octanol–water partition coefficient (Wildman–Crippen LogP) is 4.88. The molecule has 3 unspecified atom stereocenters. The van der Waals surface area contributed by atoms with Crippen molar-refractivity contribution in [1.82, 2.24) is 15.2 Å². The minimum Gasteiger partial charge on any atom is -0.357 e. The molecular weight excluding hydrogens is 374 g/mol. The van der Waals surface area contributed by atoms with Gasteiger partial charge in [-0.1, -0.05) is 48.5 Å². The maximum Gasteiger partial charge on any atom is 0.0711 e. The van der Waals surface area contributed by atoms with Crippen LogP contribution in [0, 0.1) is 0 Å². The first-order chi connectivity index (χ1) is 14.1. The van der Waals surface area contributed by atoms with Gasteiger partial charge in [-0.2, -0.15) is 11.8 Å². The van der Waals surface area contributed by atoms with E-state index in [1.54, 1.807) is 0 Å². The van der Waals surface area contributed by atoms with Crippen molar-refractivity contribution in [2.75, 3.05) is 26.9 Å². The molecule has 4 heteroatoms. The zero-order valence-corrected chi connectivity index (χ0v) is 18.5. The summed E-state index contributed by atoms with van der Waals surface area (Å²) in [4.78, 5) is 6.31. The largest absolute Gasteiger partial charge is 0.357 e. The standard InChI is InChI=1S/C25H31N3S/c1-28(2)24(18-9-5-4-6-10-18)14-15-25(22(17-24)29-3)23-20(13-16-26-25)19-11-7-8-12-21(19)27-23/h4-12,22,26-27H,13-17H2,1-3H3. The fourth-order valence-corrected chi connectivity index (χ4v) is 7.10. The molecule has 3 aromatic rings. The molecule has 1 saturated carbocycles. The van der Waals surface area contributed by atoms with Crippen molar-refractivity contribution in [3.8, 4) is 0 Å². The van der Waals surface area contributed by atoms with Crippen LogP contribution in [0.5, 0.6) is 0 Å². The number of nitrogens with zero attached hydrogens (tertiary/aromatic N) is 1. The van der Waals surface area contributed by atoms with E-state index in [9.17, 15) is 0 Å². The number of benzene rings is 2. The first kappa shape index (κ1) is 19.2. The number of hydrogen-bond acceptors (Lipinski definition) is 3. The normalized spacial score (nSPS) is 29.4. The van der Waals surface area contributed by atoms with E-state index in [0.717, 1.165) is 32.2 Å². The van der Waals surface area contributed by atoms with Gasteiger partial charge in [0.2, 0.25) is 0 Å². The Morgan fingerprint density at radius 3 is 2.52 bits per heavy atom. The van der Waals surface area contributed by atoms with Crippen LogP contribution >= 0.6 is 11.8 Å². The predicted molar refractivity (Wildman–Crippen MR) is 125 cm³/mol. The van der Waals surface area contributed by atoms with Gasteiger partial charge in [-0.3, -0.25) is 4.90 Å². The number of rotatable bonds is 3. The van der Waals surface area contributed by atoms with Crippen LogP contribution in [0.15, 0.2) is 54.6 Å². The van der Waals surface area contributed by atoms with Crippen molar-refractivity contribution in [2.24, 2.45) is 0 Å². The monoisotopic (exact) mass is 405 g/mol. The second-order valence-electron chi connectivity index (χ2n) is 8.89. The van der Waals surface area contributed by atoms with Gasteiger partial charge < -0.3 is 10.3 Å². The van der Waals surface area contributed by atoms with Crippen molar-refractivity contribution < 1.29 is 0 Å². The minimum atomic E-state index is 0.0281. The smallest absolute Gasteiger partial charge is 0.0711 e. The number of aromatic nitrogens is 1. The minimum absolute atomic E-state index is 0.0281. The Bertz CT molecular complexity index is 1010. The molecule has 1 aliphatic carbocycles. The number of hydrogen-bond donors (Lipinski definition) is 2. The third kappa shape index (κ3) is 2.80. The fraction of sp³-hybridized carbons (Fsp3) is 0.440. The molecule has 0 saturated heterocycles. The number of nitrogens with one attached hydrogen (secondary N) is 2. The third-order valence-corrected chi connectivity index (χ3v) is 8.67. The van der Waals surface area contributed by atoms with E-state index in [2.05, 4.69) is 90.1 Å². The van der Waals surface area contributed by atoms with Crippen LogP contribution in [0.25, 0.3) is 10.9 Å². The fourth-order valence-electron chi connectivity index (χ4n) is 5.94. The highest BCUT2D eigenvalue weighted by molar-refractivity contribution is 7.99. The van der Waals surface area contributed by atoms with Crippen LogP contribution in [0.3, 0.4) is 0 Å². The summed E-state index contributed by atoms with van der Waals surface area (Å²) in [6.07, 6.45) is 6.85. The Labute approximate surface area is 178 Å². The Morgan fingerprint density at radius 1 is 1.00 bits per heavy atom. The van der Waals surface area contributed by atoms with Crippen LogP contribution in [-0.2, 0) is 17.5 Å². The van der Waals surface area contributed by atoms with E-state index in [-0.39, 0.29) is 11.1 Å². The van der Waals surface area contributed by atoms with Gasteiger partial charge in [-0.05, 0) is 63.2 Å². The first-order valence-corrected chi connectivity index (χ1v) is 12.0. The van der Waals surface area contributed by atoms with Crippen LogP contribution in [0.1, 0.15) is 36.1 Å². The molecule has 0 amide bonds. The number of fused-ring (bicyclic) bond motifs is 4. The maximum atomic E-state index is 4.01. The number of aromatic amines is 1. The van der Waals surface area contributed by atoms with Gasteiger partial charge in [0.1, 0.15) is 0 Å². The average molecular weight is 406 g/mol. The summed E-state index contributed by atoms with van der Waals surface area (Å²) >= 11 is 2.03. The van der Waals surface area contributed by atoms with E-state index in [4.69, 9.17) is 0 Å². The molecule has 1 aliphatic heterocycles. The maximum absolute atomic E-state index is 4.01. The van der Waals surface area contributed by atoms with E-state index in [0.29, 0.717) is 5.25 Å². The molecule has 5 rings (SSSR count). The lowest BCUT2D eigenvalue weighted by Gasteiger charge is -2.55. The number of thioether (sulfide) groups is 1. The molecule has 2 N–H and O–H groups in total. The molecule has 1 fully saturated rings. The van der Waals surface area contributed by atoms with E-state index in [1.807, 2.05) is 11.8 Å². The van der Waals surface area contributed by atoms with Gasteiger partial charge in [0.25, 0.3) is 0 Å². The summed E-state index contributed by atoms with van der Waals surface area (Å²) in [6, 6.07) is 20.0. The Balaban J connectivity index is 1.61. The quantitative estimate of drug-likeness (QED) is 0.651. The summed E-state index contributed by atoms with van der Waals surface area (Å²) < 4.78 is 0. The molecule has 1 aromatic heterocycles. The molecule has 3 atom stereocenters. The summed E-state index contributed by atoms with van der Waals surface area (Å²) in [6.45, 7) is 1.06. The van der Waals surface area contributed by atoms with E-state index in [1.165, 1.54) is 27.7 Å². The van der Waals surface area contributed by atoms with Crippen LogP contribution < -0.4 is 5.32 Å². The van der Waals surface area contributed by atoms with Gasteiger partial charge in [0, 0.05) is 33.9 Å². The Morgan fingerprint density at radius 2 is 1.76 bits per heavy atom. The molecule has 0 bridgehead atoms. The second-order valence-corrected chi connectivity index (χ2v) is 9.93. The van der Waals surface area contributed by atoms with Crippen molar-refractivity contribution in [1.29, 1.82) is 0 Å². The van der Waals surface area contributed by atoms with Crippen LogP contribution in [0.4, 0.5) is 0 Å². The molecule has 2 heterocycles. The lowest BCUT2D eigenvalue weighted by molar-refractivity contribution is 0.0551. The number of H-pyrrole nitrogens is 1. The summed E-state index contributed by atoms with van der Waals surface area (Å²) in [5.74, 6) is 0. The summed E-state index contributed by atoms with van der Waals surface area (Å²) in [5.41, 5.74) is 5.84. The van der Waals surface area contributed by atoms with Crippen molar-refractivity contribution in [2.45, 2.75) is 42.0 Å². The lowest BCUT2D eigenvalue weighted by atomic mass is 9.65. The van der Waals surface area contributed by atoms with Crippen LogP contribution in [0.2, 0.25) is 0 Å². The van der Waals surface area contributed by atoms with Gasteiger partial charge in [0.05, 0.1) is 5.54 Å². The van der Waals surface area contributed by atoms with Crippen molar-refractivity contribution in [3.05, 3.63) is 71.4 Å². The Hall–Kier alpha value is -1.75. The molecule has 1 spiro atoms. The highest BCUT2D eigenvalue weighted by Crippen LogP contribution is 2.53. The Kier molecular flexibility index (Phi) is 4.77. The molecular formula is C25H31N3S. The topological polar surface area (TPSA) is 31.1 Å². The highest BCUT2D eigenvalue weighted by Gasteiger charge is 2.53. The van der Waals surface area contributed by atoms with Crippen LogP contribution in [-0.4, -0.2) is 42.0 Å². The van der Waals surface area contributed by atoms with Gasteiger partial charge in [-0.25, -0.2) is 0 Å². The molecule has 29 heavy (non-hydrogen) atoms. The SMILES string of the molecule is CSC1CC(c2ccccc2)(N(C)C)CCC12NCCc1c2[nH]c2ccccc12. The van der Waals surface area contributed by atoms with Crippen molar-refractivity contribution >= 4 is 22.7 Å². The molecule has 2 aliphatic rings. The van der Waals surface area contributed by atoms with E-state index >= 15 is 0 Å². The second kappa shape index (κ2) is 7.19. The highest BCUT2D eigenvalue weighted by atomic mass is 32.2. The molecule has 3 nitrogen and oxygen atoms in total. The molecule has 2 aromatic carbocycles. The van der Waals surface area contributed by atoms with Gasteiger partial charge in [-0.15, -0.1) is 0 Å². The average Bonchev–Trinajstić information content (AvgIpc) is 3.15. The summed E-state index contributed by atoms with van der Waals surface area (Å²) in [7, 11) is 4.51. The number of para-hydroxylation sites is 1. The first-order valence-electron chi connectivity index (χ1n) is 10.7. The van der Waals surface area contributed by atoms with Crippen molar-refractivity contribution in [3.63, 3.8) is 0 Å². The third-order valence-electron chi connectivity index (χ3n) is 7.53.